The van der Waals surface area contributed by atoms with Crippen molar-refractivity contribution < 1.29 is 19.1 Å². The Balaban J connectivity index is 1.70. The smallest absolute Gasteiger partial charge is 0.409 e. The summed E-state index contributed by atoms with van der Waals surface area (Å²) in [5.74, 6) is 0.496. The largest absolute Gasteiger partial charge is 0.482 e. The third-order valence-corrected chi connectivity index (χ3v) is 4.44. The number of nitrogens with one attached hydrogen (secondary N) is 1. The zero-order chi connectivity index (χ0) is 19.1. The number of rotatable bonds is 6. The van der Waals surface area contributed by atoms with E-state index in [0.717, 1.165) is 0 Å². The molecule has 8 heteroatoms. The number of likely N-dealkylation sites (tertiary alicyclic amines) is 1. The average molecular weight is 403 g/mol. The number of ether oxygens (including phenoxy) is 2. The number of hydrogen-bond donors (Lipinski definition) is 1. The van der Waals surface area contributed by atoms with Crippen molar-refractivity contribution in [3.63, 3.8) is 0 Å². The van der Waals surface area contributed by atoms with Crippen molar-refractivity contribution >= 4 is 35.2 Å². The Morgan fingerprint density at radius 2 is 1.96 bits per heavy atom. The van der Waals surface area contributed by atoms with Crippen LogP contribution in [0, 0.1) is 5.92 Å². The molecule has 1 aromatic carbocycles. The van der Waals surface area contributed by atoms with Crippen LogP contribution in [0.1, 0.15) is 26.7 Å². The molecule has 26 heavy (non-hydrogen) atoms. The minimum Gasteiger partial charge on any atom is -0.482 e. The Bertz CT molecular complexity index is 632. The maximum Gasteiger partial charge on any atom is 0.409 e. The second-order valence-electron chi connectivity index (χ2n) is 6.66. The summed E-state index contributed by atoms with van der Waals surface area (Å²) in [5, 5.41) is 3.78. The third kappa shape index (κ3) is 6.57. The summed E-state index contributed by atoms with van der Waals surface area (Å²) in [6.45, 7) is 5.40. The van der Waals surface area contributed by atoms with Crippen molar-refractivity contribution in [2.24, 2.45) is 5.92 Å². The normalized spacial score (nSPS) is 15.0. The van der Waals surface area contributed by atoms with Crippen molar-refractivity contribution in [1.29, 1.82) is 0 Å². The fourth-order valence-electron chi connectivity index (χ4n) is 2.54. The predicted molar refractivity (Wildman–Crippen MR) is 101 cm³/mol. The van der Waals surface area contributed by atoms with Crippen LogP contribution in [0.2, 0.25) is 10.0 Å². The minimum atomic E-state index is -0.288. The molecule has 1 N–H and O–H groups in total. The Hall–Kier alpha value is -1.66. The first-order valence-electron chi connectivity index (χ1n) is 8.64. The summed E-state index contributed by atoms with van der Waals surface area (Å²) >= 11 is 11.8. The highest BCUT2D eigenvalue weighted by atomic mass is 35.5. The molecule has 1 aliphatic heterocycles. The van der Waals surface area contributed by atoms with Gasteiger partial charge in [-0.3, -0.25) is 4.79 Å². The first kappa shape index (κ1) is 20.6. The van der Waals surface area contributed by atoms with Gasteiger partial charge in [-0.1, -0.05) is 37.0 Å². The number of piperidine rings is 1. The molecule has 2 rings (SSSR count). The molecule has 0 atom stereocenters. The Morgan fingerprint density at radius 3 is 2.58 bits per heavy atom. The van der Waals surface area contributed by atoms with Gasteiger partial charge in [0.15, 0.2) is 6.61 Å². The van der Waals surface area contributed by atoms with Crippen molar-refractivity contribution in [2.75, 3.05) is 26.3 Å². The van der Waals surface area contributed by atoms with E-state index >= 15 is 0 Å². The monoisotopic (exact) mass is 402 g/mol. The summed E-state index contributed by atoms with van der Waals surface area (Å²) in [4.78, 5) is 25.6. The lowest BCUT2D eigenvalue weighted by atomic mass is 10.1. The Kier molecular flexibility index (Phi) is 7.85. The molecule has 1 saturated heterocycles. The van der Waals surface area contributed by atoms with Gasteiger partial charge < -0.3 is 19.7 Å². The molecule has 0 spiro atoms. The SMILES string of the molecule is CC(C)COC(=O)N1CCC(NC(=O)COc2ccc(Cl)cc2Cl)CC1. The maximum absolute atomic E-state index is 12.0. The number of halogens is 2. The van der Waals surface area contributed by atoms with Gasteiger partial charge in [-0.05, 0) is 37.0 Å². The van der Waals surface area contributed by atoms with Gasteiger partial charge in [0.25, 0.3) is 5.91 Å². The van der Waals surface area contributed by atoms with Gasteiger partial charge in [-0.25, -0.2) is 4.79 Å². The zero-order valence-corrected chi connectivity index (χ0v) is 16.5. The summed E-state index contributed by atoms with van der Waals surface area (Å²) in [5.41, 5.74) is 0. The van der Waals surface area contributed by atoms with Crippen LogP contribution in [0.3, 0.4) is 0 Å². The van der Waals surface area contributed by atoms with Gasteiger partial charge in [-0.15, -0.1) is 0 Å². The molecule has 0 bridgehead atoms. The molecule has 0 saturated carbocycles. The molecular weight excluding hydrogens is 379 g/mol. The molecule has 1 aliphatic rings. The highest BCUT2D eigenvalue weighted by Gasteiger charge is 2.25. The van der Waals surface area contributed by atoms with E-state index in [1.165, 1.54) is 0 Å². The van der Waals surface area contributed by atoms with Gasteiger partial charge in [0, 0.05) is 24.2 Å². The third-order valence-electron chi connectivity index (χ3n) is 3.91. The van der Waals surface area contributed by atoms with Gasteiger partial charge in [0.1, 0.15) is 5.75 Å². The zero-order valence-electron chi connectivity index (χ0n) is 15.0. The van der Waals surface area contributed by atoms with E-state index in [9.17, 15) is 9.59 Å². The van der Waals surface area contributed by atoms with E-state index in [4.69, 9.17) is 32.7 Å². The molecule has 0 unspecified atom stereocenters. The molecule has 1 fully saturated rings. The van der Waals surface area contributed by atoms with Crippen molar-refractivity contribution in [3.8, 4) is 5.75 Å². The second kappa shape index (κ2) is 9.88. The highest BCUT2D eigenvalue weighted by Crippen LogP contribution is 2.27. The van der Waals surface area contributed by atoms with Crippen LogP contribution in [-0.4, -0.2) is 49.2 Å². The molecule has 144 valence electrons. The summed E-state index contributed by atoms with van der Waals surface area (Å²) in [7, 11) is 0. The molecular formula is C18H24Cl2N2O4. The first-order valence-corrected chi connectivity index (χ1v) is 9.39. The number of carbonyl (C=O) groups excluding carboxylic acids is 2. The van der Waals surface area contributed by atoms with E-state index in [2.05, 4.69) is 5.32 Å². The first-order chi connectivity index (χ1) is 12.3. The molecule has 0 aromatic heterocycles. The van der Waals surface area contributed by atoms with E-state index in [-0.39, 0.29) is 24.6 Å². The number of hydrogen-bond acceptors (Lipinski definition) is 4. The van der Waals surface area contributed by atoms with Gasteiger partial charge in [0.05, 0.1) is 11.6 Å². The topological polar surface area (TPSA) is 67.9 Å². The van der Waals surface area contributed by atoms with E-state index in [0.29, 0.717) is 54.3 Å². The van der Waals surface area contributed by atoms with Crippen LogP contribution in [0.15, 0.2) is 18.2 Å². The highest BCUT2D eigenvalue weighted by molar-refractivity contribution is 6.35. The number of benzene rings is 1. The second-order valence-corrected chi connectivity index (χ2v) is 7.51. The summed E-state index contributed by atoms with van der Waals surface area (Å²) in [6.07, 6.45) is 1.08. The van der Waals surface area contributed by atoms with Gasteiger partial charge >= 0.3 is 6.09 Å². The van der Waals surface area contributed by atoms with Crippen LogP contribution < -0.4 is 10.1 Å². The Morgan fingerprint density at radius 1 is 1.27 bits per heavy atom. The van der Waals surface area contributed by atoms with Gasteiger partial charge in [-0.2, -0.15) is 0 Å². The molecule has 2 amide bonds. The van der Waals surface area contributed by atoms with Crippen LogP contribution >= 0.6 is 23.2 Å². The van der Waals surface area contributed by atoms with Gasteiger partial charge in [0.2, 0.25) is 0 Å². The summed E-state index contributed by atoms with van der Waals surface area (Å²) < 4.78 is 10.6. The molecule has 0 radical (unpaired) electrons. The quantitative estimate of drug-likeness (QED) is 0.786. The van der Waals surface area contributed by atoms with E-state index < -0.39 is 0 Å². The fourth-order valence-corrected chi connectivity index (χ4v) is 3.00. The lowest BCUT2D eigenvalue weighted by Gasteiger charge is -2.31. The summed E-state index contributed by atoms with van der Waals surface area (Å²) in [6, 6.07) is 4.85. The maximum atomic E-state index is 12.0. The molecule has 1 aromatic rings. The van der Waals surface area contributed by atoms with Crippen LogP contribution in [0.25, 0.3) is 0 Å². The lowest BCUT2D eigenvalue weighted by Crippen LogP contribution is -2.47. The molecule has 1 heterocycles. The van der Waals surface area contributed by atoms with Crippen LogP contribution in [-0.2, 0) is 9.53 Å². The number of carbonyl (C=O) groups is 2. The lowest BCUT2D eigenvalue weighted by molar-refractivity contribution is -0.124. The number of amides is 2. The van der Waals surface area contributed by atoms with Crippen molar-refractivity contribution in [1.82, 2.24) is 10.2 Å². The fraction of sp³-hybridized carbons (Fsp3) is 0.556. The van der Waals surface area contributed by atoms with E-state index in [1.54, 1.807) is 23.1 Å². The van der Waals surface area contributed by atoms with E-state index in [1.807, 2.05) is 13.8 Å². The standard InChI is InChI=1S/C18H24Cl2N2O4/c1-12(2)10-26-18(24)22-7-5-14(6-8-22)21-17(23)11-25-16-4-3-13(19)9-15(16)20/h3-4,9,12,14H,5-8,10-11H2,1-2H3,(H,21,23). The minimum absolute atomic E-state index is 0.0148. The van der Waals surface area contributed by atoms with Crippen molar-refractivity contribution in [3.05, 3.63) is 28.2 Å². The van der Waals surface area contributed by atoms with Crippen LogP contribution in [0.4, 0.5) is 4.79 Å². The average Bonchev–Trinajstić information content (AvgIpc) is 2.59. The molecule has 0 aliphatic carbocycles. The predicted octanol–water partition coefficient (Wildman–Crippen LogP) is 3.75. The Labute approximate surface area is 163 Å². The number of nitrogens with zero attached hydrogens (tertiary/aromatic N) is 1. The van der Waals surface area contributed by atoms with Crippen molar-refractivity contribution in [2.45, 2.75) is 32.7 Å². The van der Waals surface area contributed by atoms with Crippen LogP contribution in [0.5, 0.6) is 5.75 Å². The molecule has 6 nitrogen and oxygen atoms in total.